The lowest BCUT2D eigenvalue weighted by atomic mass is 9.65. The summed E-state index contributed by atoms with van der Waals surface area (Å²) in [6.07, 6.45) is 14.4. The highest BCUT2D eigenvalue weighted by atomic mass is 16.5. The summed E-state index contributed by atoms with van der Waals surface area (Å²) in [6, 6.07) is 0. The Hall–Kier alpha value is -0.0800. The van der Waals surface area contributed by atoms with E-state index in [1.165, 1.54) is 70.6 Å². The molecule has 0 aromatic carbocycles. The van der Waals surface area contributed by atoms with Crippen LogP contribution in [0, 0.1) is 5.92 Å². The normalized spacial score (nSPS) is 36.2. The van der Waals surface area contributed by atoms with Crippen LogP contribution in [0.2, 0.25) is 0 Å². The Morgan fingerprint density at radius 3 is 2.18 bits per heavy atom. The number of ether oxygens (including phenoxy) is 1. The molecular weight excluding hydrogens is 210 g/mol. The maximum Gasteiger partial charge on any atom is 0.0686 e. The van der Waals surface area contributed by atoms with Gasteiger partial charge in [0.1, 0.15) is 0 Å². The molecule has 0 amide bonds. The average Bonchev–Trinajstić information content (AvgIpc) is 2.53. The quantitative estimate of drug-likeness (QED) is 0.710. The summed E-state index contributed by atoms with van der Waals surface area (Å²) in [7, 11) is 0. The predicted molar refractivity (Wildman–Crippen MR) is 69.9 cm³/mol. The Morgan fingerprint density at radius 1 is 0.882 bits per heavy atom. The fourth-order valence-electron chi connectivity index (χ4n) is 4.23. The average molecular weight is 237 g/mol. The maximum atomic E-state index is 6.78. The first-order chi connectivity index (χ1) is 8.23. The standard InChI is InChI=1S/C15H27NO/c16-15(9-3-1-2-4-10-15)13-6-11-17-14(12-13)7-5-8-14/h13H,1-12,16H2. The fourth-order valence-corrected chi connectivity index (χ4v) is 4.23. The summed E-state index contributed by atoms with van der Waals surface area (Å²) in [5.41, 5.74) is 7.19. The van der Waals surface area contributed by atoms with Gasteiger partial charge in [-0.05, 0) is 50.9 Å². The molecule has 17 heavy (non-hydrogen) atoms. The van der Waals surface area contributed by atoms with Gasteiger partial charge in [0, 0.05) is 12.1 Å². The molecule has 1 heterocycles. The van der Waals surface area contributed by atoms with Crippen LogP contribution in [0.1, 0.15) is 70.6 Å². The molecule has 98 valence electrons. The van der Waals surface area contributed by atoms with E-state index in [1.807, 2.05) is 0 Å². The molecule has 3 fully saturated rings. The molecule has 2 heteroatoms. The summed E-state index contributed by atoms with van der Waals surface area (Å²) in [6.45, 7) is 0.962. The minimum absolute atomic E-state index is 0.142. The van der Waals surface area contributed by atoms with Crippen molar-refractivity contribution in [3.63, 3.8) is 0 Å². The second-order valence-electron chi connectivity index (χ2n) is 6.72. The van der Waals surface area contributed by atoms with Gasteiger partial charge in [-0.3, -0.25) is 0 Å². The van der Waals surface area contributed by atoms with E-state index in [-0.39, 0.29) is 11.1 Å². The lowest BCUT2D eigenvalue weighted by Gasteiger charge is -2.51. The number of hydrogen-bond donors (Lipinski definition) is 1. The van der Waals surface area contributed by atoms with Crippen LogP contribution < -0.4 is 5.73 Å². The van der Waals surface area contributed by atoms with E-state index in [4.69, 9.17) is 10.5 Å². The van der Waals surface area contributed by atoms with Crippen LogP contribution >= 0.6 is 0 Å². The summed E-state index contributed by atoms with van der Waals surface area (Å²) < 4.78 is 6.04. The molecule has 2 N–H and O–H groups in total. The van der Waals surface area contributed by atoms with Crippen molar-refractivity contribution < 1.29 is 4.74 Å². The van der Waals surface area contributed by atoms with Crippen LogP contribution in [-0.2, 0) is 4.74 Å². The van der Waals surface area contributed by atoms with Crippen molar-refractivity contribution in [1.29, 1.82) is 0 Å². The molecule has 2 aliphatic carbocycles. The van der Waals surface area contributed by atoms with Gasteiger partial charge < -0.3 is 10.5 Å². The Balaban J connectivity index is 1.69. The minimum atomic E-state index is 0.142. The van der Waals surface area contributed by atoms with Gasteiger partial charge in [0.2, 0.25) is 0 Å². The SMILES string of the molecule is NC1(C2CCOC3(CCC3)C2)CCCCCC1. The molecule has 2 nitrogen and oxygen atoms in total. The third-order valence-electron chi connectivity index (χ3n) is 5.61. The Morgan fingerprint density at radius 2 is 1.59 bits per heavy atom. The van der Waals surface area contributed by atoms with Crippen LogP contribution in [0.4, 0.5) is 0 Å². The molecule has 3 rings (SSSR count). The number of hydrogen-bond acceptors (Lipinski definition) is 2. The Labute approximate surface area is 105 Å². The molecule has 0 aromatic rings. The van der Waals surface area contributed by atoms with E-state index < -0.39 is 0 Å². The van der Waals surface area contributed by atoms with Gasteiger partial charge in [-0.15, -0.1) is 0 Å². The Kier molecular flexibility index (Phi) is 3.20. The maximum absolute atomic E-state index is 6.78. The molecule has 1 unspecified atom stereocenters. The van der Waals surface area contributed by atoms with Crippen LogP contribution in [0.3, 0.4) is 0 Å². The monoisotopic (exact) mass is 237 g/mol. The second kappa shape index (κ2) is 4.55. The molecule has 1 atom stereocenters. The lowest BCUT2D eigenvalue weighted by Crippen LogP contribution is -2.55. The van der Waals surface area contributed by atoms with E-state index >= 15 is 0 Å². The molecule has 0 aromatic heterocycles. The van der Waals surface area contributed by atoms with Crippen LogP contribution in [0.15, 0.2) is 0 Å². The van der Waals surface area contributed by atoms with Crippen molar-refractivity contribution in [2.45, 2.75) is 81.8 Å². The number of nitrogens with two attached hydrogens (primary N) is 1. The van der Waals surface area contributed by atoms with E-state index in [2.05, 4.69) is 0 Å². The highest BCUT2D eigenvalue weighted by molar-refractivity contribution is 5.01. The molecule has 0 bridgehead atoms. The largest absolute Gasteiger partial charge is 0.375 e. The van der Waals surface area contributed by atoms with Crippen molar-refractivity contribution in [1.82, 2.24) is 0 Å². The smallest absolute Gasteiger partial charge is 0.0686 e. The zero-order valence-electron chi connectivity index (χ0n) is 11.0. The van der Waals surface area contributed by atoms with Gasteiger partial charge in [-0.25, -0.2) is 0 Å². The predicted octanol–water partition coefficient (Wildman–Crippen LogP) is 3.39. The van der Waals surface area contributed by atoms with Crippen molar-refractivity contribution in [3.8, 4) is 0 Å². The first kappa shape index (κ1) is 12.0. The topological polar surface area (TPSA) is 35.2 Å². The Bertz CT molecular complexity index is 264. The highest BCUT2D eigenvalue weighted by Gasteiger charge is 2.47. The first-order valence-electron chi connectivity index (χ1n) is 7.65. The number of rotatable bonds is 1. The molecular formula is C15H27NO. The van der Waals surface area contributed by atoms with Gasteiger partial charge in [0.25, 0.3) is 0 Å². The first-order valence-corrected chi connectivity index (χ1v) is 7.65. The molecule has 1 spiro atoms. The van der Waals surface area contributed by atoms with E-state index in [1.54, 1.807) is 0 Å². The molecule has 1 aliphatic heterocycles. The lowest BCUT2D eigenvalue weighted by molar-refractivity contribution is -0.153. The van der Waals surface area contributed by atoms with Crippen LogP contribution in [0.5, 0.6) is 0 Å². The minimum Gasteiger partial charge on any atom is -0.375 e. The van der Waals surface area contributed by atoms with E-state index in [0.717, 1.165) is 12.5 Å². The van der Waals surface area contributed by atoms with Gasteiger partial charge in [-0.2, -0.15) is 0 Å². The second-order valence-corrected chi connectivity index (χ2v) is 6.72. The fraction of sp³-hybridized carbons (Fsp3) is 1.00. The van der Waals surface area contributed by atoms with Gasteiger partial charge >= 0.3 is 0 Å². The zero-order chi connectivity index (χ0) is 11.8. The molecule has 0 radical (unpaired) electrons. The zero-order valence-corrected chi connectivity index (χ0v) is 11.0. The third kappa shape index (κ3) is 2.26. The molecule has 2 saturated carbocycles. The van der Waals surface area contributed by atoms with Crippen LogP contribution in [0.25, 0.3) is 0 Å². The van der Waals surface area contributed by atoms with Gasteiger partial charge in [-0.1, -0.05) is 25.7 Å². The van der Waals surface area contributed by atoms with Crippen molar-refractivity contribution >= 4 is 0 Å². The summed E-state index contributed by atoms with van der Waals surface area (Å²) >= 11 is 0. The summed E-state index contributed by atoms with van der Waals surface area (Å²) in [4.78, 5) is 0. The van der Waals surface area contributed by atoms with Crippen LogP contribution in [-0.4, -0.2) is 17.7 Å². The van der Waals surface area contributed by atoms with Crippen molar-refractivity contribution in [2.24, 2.45) is 11.7 Å². The van der Waals surface area contributed by atoms with E-state index in [9.17, 15) is 0 Å². The highest BCUT2D eigenvalue weighted by Crippen LogP contribution is 2.48. The molecule has 1 saturated heterocycles. The summed E-state index contributed by atoms with van der Waals surface area (Å²) in [5, 5.41) is 0. The third-order valence-corrected chi connectivity index (χ3v) is 5.61. The summed E-state index contributed by atoms with van der Waals surface area (Å²) in [5.74, 6) is 0.731. The van der Waals surface area contributed by atoms with Crippen molar-refractivity contribution in [3.05, 3.63) is 0 Å². The van der Waals surface area contributed by atoms with Gasteiger partial charge in [0.15, 0.2) is 0 Å². The van der Waals surface area contributed by atoms with Gasteiger partial charge in [0.05, 0.1) is 5.60 Å². The molecule has 3 aliphatic rings. The van der Waals surface area contributed by atoms with E-state index in [0.29, 0.717) is 0 Å². The van der Waals surface area contributed by atoms with Crippen molar-refractivity contribution in [2.75, 3.05) is 6.61 Å².